The van der Waals surface area contributed by atoms with Crippen LogP contribution in [0.3, 0.4) is 0 Å². The minimum Gasteiger partial charge on any atom is -0.300 e. The lowest BCUT2D eigenvalue weighted by Crippen LogP contribution is -2.43. The van der Waals surface area contributed by atoms with Crippen molar-refractivity contribution in [3.05, 3.63) is 0 Å². The first-order chi connectivity index (χ1) is 4.45. The van der Waals surface area contributed by atoms with Crippen molar-refractivity contribution in [3.63, 3.8) is 0 Å². The zero-order valence-electron chi connectivity index (χ0n) is 5.48. The summed E-state index contributed by atoms with van der Waals surface area (Å²) >= 11 is 0. The molecule has 9 heavy (non-hydrogen) atoms. The highest BCUT2D eigenvalue weighted by atomic mass is 15.0. The molecule has 2 rings (SSSR count). The second kappa shape index (κ2) is 2.04. The van der Waals surface area contributed by atoms with Crippen LogP contribution in [0.2, 0.25) is 0 Å². The average Bonchev–Trinajstić information content (AvgIpc) is 1.88. The lowest BCUT2D eigenvalue weighted by Gasteiger charge is -2.29. The Hall–Kier alpha value is -0.480. The van der Waals surface area contributed by atoms with Gasteiger partial charge >= 0.3 is 0 Å². The number of hydrogen-bond acceptors (Lipinski definition) is 1. The molecule has 0 aromatic carbocycles. The molecule has 0 aromatic rings. The van der Waals surface area contributed by atoms with Crippen LogP contribution in [-0.2, 0) is 0 Å². The maximum absolute atomic E-state index is 3.48. The average molecular weight is 121 g/mol. The van der Waals surface area contributed by atoms with Gasteiger partial charge in [-0.25, -0.2) is 0 Å². The normalized spacial score (nSPS) is 39.1. The molecule has 0 amide bonds. The summed E-state index contributed by atoms with van der Waals surface area (Å²) in [6.45, 7) is 0. The van der Waals surface area contributed by atoms with Crippen molar-refractivity contribution in [1.29, 1.82) is 0 Å². The molecule has 1 fully saturated rings. The van der Waals surface area contributed by atoms with Gasteiger partial charge in [0.15, 0.2) is 0 Å². The van der Waals surface area contributed by atoms with Crippen molar-refractivity contribution >= 4 is 0 Å². The molecule has 48 valence electrons. The molecule has 0 aromatic heterocycles. The molecule has 2 bridgehead atoms. The molecule has 1 N–H and O–H groups in total. The predicted molar refractivity (Wildman–Crippen MR) is 37.0 cm³/mol. The summed E-state index contributed by atoms with van der Waals surface area (Å²) in [5, 5.41) is 3.48. The monoisotopic (exact) mass is 121 g/mol. The van der Waals surface area contributed by atoms with Gasteiger partial charge < -0.3 is 0 Å². The van der Waals surface area contributed by atoms with Gasteiger partial charge in [-0.15, -0.1) is 5.92 Å². The number of nitrogens with one attached hydrogen (secondary N) is 1. The third kappa shape index (κ3) is 0.951. The molecule has 2 heterocycles. The third-order valence-electron chi connectivity index (χ3n) is 2.11. The van der Waals surface area contributed by atoms with Gasteiger partial charge in [-0.1, -0.05) is 5.92 Å². The second-order valence-electron chi connectivity index (χ2n) is 2.87. The van der Waals surface area contributed by atoms with Crippen molar-refractivity contribution in [2.24, 2.45) is 0 Å². The molecule has 0 saturated carbocycles. The van der Waals surface area contributed by atoms with E-state index in [1.807, 2.05) is 0 Å². The van der Waals surface area contributed by atoms with Crippen molar-refractivity contribution in [2.75, 3.05) is 0 Å². The fourth-order valence-electron chi connectivity index (χ4n) is 1.60. The standard InChI is InChI=1S/C8H11N/c1-3-7-5-2-6-8(4-1)9-7/h7-9H,1,3-5H2. The van der Waals surface area contributed by atoms with E-state index in [0.717, 1.165) is 12.5 Å². The van der Waals surface area contributed by atoms with Crippen molar-refractivity contribution < 1.29 is 0 Å². The molecule has 1 nitrogen and oxygen atoms in total. The van der Waals surface area contributed by atoms with Gasteiger partial charge in [-0.3, -0.25) is 5.32 Å². The molecule has 0 aliphatic carbocycles. The van der Waals surface area contributed by atoms with Crippen LogP contribution in [0.15, 0.2) is 0 Å². The number of fused-ring (bicyclic) bond motifs is 2. The molecule has 2 aliphatic rings. The maximum atomic E-state index is 3.48. The highest BCUT2D eigenvalue weighted by Crippen LogP contribution is 2.16. The quantitative estimate of drug-likeness (QED) is 0.470. The summed E-state index contributed by atoms with van der Waals surface area (Å²) < 4.78 is 0. The first-order valence-electron chi connectivity index (χ1n) is 3.69. The Labute approximate surface area is 55.8 Å². The fourth-order valence-corrected chi connectivity index (χ4v) is 1.60. The summed E-state index contributed by atoms with van der Waals surface area (Å²) in [5.41, 5.74) is 0. The van der Waals surface area contributed by atoms with E-state index < -0.39 is 0 Å². The maximum Gasteiger partial charge on any atom is 0.0692 e. The number of piperidine rings is 1. The van der Waals surface area contributed by atoms with E-state index in [1.165, 1.54) is 19.3 Å². The Bertz CT molecular complexity index is 163. The number of rotatable bonds is 0. The van der Waals surface area contributed by atoms with E-state index in [2.05, 4.69) is 17.2 Å². The molecular formula is C8H11N. The van der Waals surface area contributed by atoms with Crippen molar-refractivity contribution in [2.45, 2.75) is 37.8 Å². The van der Waals surface area contributed by atoms with E-state index in [4.69, 9.17) is 0 Å². The van der Waals surface area contributed by atoms with E-state index >= 15 is 0 Å². The Morgan fingerprint density at radius 1 is 1.33 bits per heavy atom. The Balaban J connectivity index is 2.14. The minimum atomic E-state index is 0.539. The van der Waals surface area contributed by atoms with Crippen LogP contribution in [0.1, 0.15) is 25.7 Å². The molecule has 2 unspecified atom stereocenters. The van der Waals surface area contributed by atoms with Crippen LogP contribution in [0, 0.1) is 11.8 Å². The Morgan fingerprint density at radius 3 is 3.11 bits per heavy atom. The molecule has 2 aliphatic heterocycles. The first kappa shape index (κ1) is 5.32. The van der Waals surface area contributed by atoms with E-state index in [9.17, 15) is 0 Å². The van der Waals surface area contributed by atoms with Gasteiger partial charge in [0.2, 0.25) is 0 Å². The van der Waals surface area contributed by atoms with Crippen LogP contribution >= 0.6 is 0 Å². The molecular weight excluding hydrogens is 110 g/mol. The van der Waals surface area contributed by atoms with Gasteiger partial charge in [0, 0.05) is 12.5 Å². The molecule has 1 heteroatoms. The summed E-state index contributed by atoms with van der Waals surface area (Å²) in [4.78, 5) is 0. The highest BCUT2D eigenvalue weighted by molar-refractivity contribution is 5.15. The van der Waals surface area contributed by atoms with Crippen molar-refractivity contribution in [3.8, 4) is 11.8 Å². The van der Waals surface area contributed by atoms with Crippen molar-refractivity contribution in [1.82, 2.24) is 5.32 Å². The van der Waals surface area contributed by atoms with Crippen LogP contribution < -0.4 is 5.32 Å². The van der Waals surface area contributed by atoms with E-state index in [0.29, 0.717) is 6.04 Å². The largest absolute Gasteiger partial charge is 0.300 e. The van der Waals surface area contributed by atoms with E-state index in [1.54, 1.807) is 0 Å². The topological polar surface area (TPSA) is 12.0 Å². The third-order valence-corrected chi connectivity index (χ3v) is 2.11. The second-order valence-corrected chi connectivity index (χ2v) is 2.87. The predicted octanol–water partition coefficient (Wildman–Crippen LogP) is 0.904. The van der Waals surface area contributed by atoms with E-state index in [-0.39, 0.29) is 0 Å². The highest BCUT2D eigenvalue weighted by Gasteiger charge is 2.20. The Morgan fingerprint density at radius 2 is 2.33 bits per heavy atom. The zero-order chi connectivity index (χ0) is 6.10. The summed E-state index contributed by atoms with van der Waals surface area (Å²) in [5.74, 6) is 6.36. The van der Waals surface area contributed by atoms with Crippen LogP contribution in [0.5, 0.6) is 0 Å². The SMILES string of the molecule is C1#CC2CCCC(C1)N2. The lowest BCUT2D eigenvalue weighted by atomic mass is 9.94. The van der Waals surface area contributed by atoms with Gasteiger partial charge in [0.05, 0.1) is 6.04 Å². The van der Waals surface area contributed by atoms with Gasteiger partial charge in [-0.2, -0.15) is 0 Å². The van der Waals surface area contributed by atoms with Crippen LogP contribution in [0.25, 0.3) is 0 Å². The smallest absolute Gasteiger partial charge is 0.0692 e. The van der Waals surface area contributed by atoms with Gasteiger partial charge in [-0.05, 0) is 19.3 Å². The van der Waals surface area contributed by atoms with Crippen LogP contribution in [0.4, 0.5) is 0 Å². The summed E-state index contributed by atoms with van der Waals surface area (Å²) in [6.07, 6.45) is 5.06. The first-order valence-corrected chi connectivity index (χ1v) is 3.69. The van der Waals surface area contributed by atoms with Crippen LogP contribution in [-0.4, -0.2) is 12.1 Å². The molecule has 2 atom stereocenters. The fraction of sp³-hybridized carbons (Fsp3) is 0.750. The van der Waals surface area contributed by atoms with Gasteiger partial charge in [0.25, 0.3) is 0 Å². The molecule has 1 saturated heterocycles. The van der Waals surface area contributed by atoms with Gasteiger partial charge in [0.1, 0.15) is 0 Å². The summed E-state index contributed by atoms with van der Waals surface area (Å²) in [6, 6.07) is 1.27. The molecule has 0 spiro atoms. The zero-order valence-corrected chi connectivity index (χ0v) is 5.48. The molecule has 0 radical (unpaired) electrons. The Kier molecular flexibility index (Phi) is 1.20. The minimum absolute atomic E-state index is 0.539. The lowest BCUT2D eigenvalue weighted by molar-refractivity contribution is 0.357. The summed E-state index contributed by atoms with van der Waals surface area (Å²) in [7, 11) is 0. The number of hydrogen-bond donors (Lipinski definition) is 1.